The Bertz CT molecular complexity index is 747. The summed E-state index contributed by atoms with van der Waals surface area (Å²) in [7, 11) is 0. The lowest BCUT2D eigenvalue weighted by Gasteiger charge is -2.25. The fraction of sp³-hybridized carbons (Fsp3) is 0.444. The molecule has 1 aromatic carbocycles. The Morgan fingerprint density at radius 1 is 1.25 bits per heavy atom. The minimum atomic E-state index is -0.984. The third kappa shape index (κ3) is 3.37. The molecule has 2 N–H and O–H groups in total. The molecule has 0 aliphatic rings. The van der Waals surface area contributed by atoms with Crippen molar-refractivity contribution in [1.82, 2.24) is 9.88 Å². The van der Waals surface area contributed by atoms with Gasteiger partial charge in [0.2, 0.25) is 0 Å². The average Bonchev–Trinajstić information content (AvgIpc) is 2.88. The molecule has 1 atom stereocenters. The molecule has 0 fully saturated rings. The fourth-order valence-corrected chi connectivity index (χ4v) is 2.87. The number of benzene rings is 1. The third-order valence-electron chi connectivity index (χ3n) is 4.17. The molecule has 2 aromatic rings. The van der Waals surface area contributed by atoms with Gasteiger partial charge in [-0.2, -0.15) is 0 Å². The quantitative estimate of drug-likeness (QED) is 0.815. The molecule has 0 saturated carbocycles. The van der Waals surface area contributed by atoms with Crippen LogP contribution in [0.3, 0.4) is 0 Å². The van der Waals surface area contributed by atoms with Crippen molar-refractivity contribution >= 4 is 22.8 Å². The number of ether oxygens (including phenoxy) is 1. The molecule has 0 spiro atoms. The summed E-state index contributed by atoms with van der Waals surface area (Å²) in [5, 5.41) is 9.96. The smallest absolute Gasteiger partial charge is 0.338 e. The number of nitrogens with zero attached hydrogens (tertiary/aromatic N) is 1. The summed E-state index contributed by atoms with van der Waals surface area (Å²) < 4.78 is 5.86. The van der Waals surface area contributed by atoms with Crippen molar-refractivity contribution in [2.24, 2.45) is 0 Å². The van der Waals surface area contributed by atoms with Crippen LogP contribution in [0.25, 0.3) is 10.9 Å². The Balaban J connectivity index is 2.33. The van der Waals surface area contributed by atoms with Crippen molar-refractivity contribution in [2.45, 2.75) is 40.2 Å². The first-order valence-electron chi connectivity index (χ1n) is 8.23. The minimum Gasteiger partial charge on any atom is -0.481 e. The summed E-state index contributed by atoms with van der Waals surface area (Å²) in [6.45, 7) is 8.75. The number of likely N-dealkylation sites (N-methyl/N-ethyl adjacent to an activating group) is 1. The zero-order valence-corrected chi connectivity index (χ0v) is 14.5. The van der Waals surface area contributed by atoms with E-state index in [0.717, 1.165) is 5.52 Å². The van der Waals surface area contributed by atoms with Crippen molar-refractivity contribution in [3.8, 4) is 5.75 Å². The number of carboxylic acid groups (broad SMARTS) is 1. The van der Waals surface area contributed by atoms with Gasteiger partial charge in [0.25, 0.3) is 5.91 Å². The van der Waals surface area contributed by atoms with Gasteiger partial charge in [0.05, 0.1) is 5.56 Å². The normalized spacial score (nSPS) is 12.2. The first-order chi connectivity index (χ1) is 11.4. The second-order valence-electron chi connectivity index (χ2n) is 5.66. The summed E-state index contributed by atoms with van der Waals surface area (Å²) in [4.78, 5) is 28.7. The van der Waals surface area contributed by atoms with Crippen LogP contribution in [0.2, 0.25) is 0 Å². The lowest BCUT2D eigenvalue weighted by atomic mass is 10.1. The van der Waals surface area contributed by atoms with Gasteiger partial charge < -0.3 is 19.7 Å². The van der Waals surface area contributed by atoms with Crippen LogP contribution in [0.1, 0.15) is 43.2 Å². The number of nitrogens with one attached hydrogen (secondary N) is 1. The molecule has 1 aromatic heterocycles. The van der Waals surface area contributed by atoms with E-state index >= 15 is 0 Å². The number of aromatic nitrogens is 1. The van der Waals surface area contributed by atoms with Crippen molar-refractivity contribution in [1.29, 1.82) is 0 Å². The monoisotopic (exact) mass is 332 g/mol. The molecule has 1 heterocycles. The largest absolute Gasteiger partial charge is 0.481 e. The predicted octanol–water partition coefficient (Wildman–Crippen LogP) is 3.20. The van der Waals surface area contributed by atoms with Gasteiger partial charge in [-0.05, 0) is 45.4 Å². The van der Waals surface area contributed by atoms with Crippen molar-refractivity contribution in [3.05, 3.63) is 29.5 Å². The number of fused-ring (bicyclic) bond motifs is 1. The standard InChI is InChI=1S/C18H24N2O4/c1-5-15(17(21)20(6-2)7-3)24-12-8-9-14-13(10-12)16(18(22)23)11(4)19-14/h8-10,15,19H,5-7H2,1-4H3,(H,22,23). The highest BCUT2D eigenvalue weighted by Crippen LogP contribution is 2.27. The van der Waals surface area contributed by atoms with Crippen LogP contribution in [-0.2, 0) is 4.79 Å². The Morgan fingerprint density at radius 3 is 2.46 bits per heavy atom. The van der Waals surface area contributed by atoms with Crippen LogP contribution < -0.4 is 4.74 Å². The number of hydrogen-bond donors (Lipinski definition) is 2. The second kappa shape index (κ2) is 7.38. The SMILES string of the molecule is CCC(Oc1ccc2[nH]c(C)c(C(=O)O)c2c1)C(=O)N(CC)CC. The number of hydrogen-bond acceptors (Lipinski definition) is 3. The van der Waals surface area contributed by atoms with Gasteiger partial charge in [-0.25, -0.2) is 4.79 Å². The number of aryl methyl sites for hydroxylation is 1. The maximum Gasteiger partial charge on any atom is 0.338 e. The predicted molar refractivity (Wildman–Crippen MR) is 92.6 cm³/mol. The van der Waals surface area contributed by atoms with Crippen LogP contribution in [-0.4, -0.2) is 46.1 Å². The number of amides is 1. The summed E-state index contributed by atoms with van der Waals surface area (Å²) >= 11 is 0. The molecular weight excluding hydrogens is 308 g/mol. The Hall–Kier alpha value is -2.50. The number of aromatic amines is 1. The van der Waals surface area contributed by atoms with E-state index < -0.39 is 12.1 Å². The molecule has 0 radical (unpaired) electrons. The van der Waals surface area contributed by atoms with Crippen molar-refractivity contribution in [3.63, 3.8) is 0 Å². The third-order valence-corrected chi connectivity index (χ3v) is 4.17. The zero-order chi connectivity index (χ0) is 17.9. The van der Waals surface area contributed by atoms with Gasteiger partial charge in [0.1, 0.15) is 5.75 Å². The highest BCUT2D eigenvalue weighted by molar-refractivity contribution is 6.05. The minimum absolute atomic E-state index is 0.0497. The Morgan fingerprint density at radius 2 is 1.92 bits per heavy atom. The molecule has 0 bridgehead atoms. The van der Waals surface area contributed by atoms with E-state index in [2.05, 4.69) is 4.98 Å². The number of carbonyl (C=O) groups excluding carboxylic acids is 1. The molecule has 0 aliphatic carbocycles. The zero-order valence-electron chi connectivity index (χ0n) is 14.5. The molecule has 6 heteroatoms. The molecular formula is C18H24N2O4. The summed E-state index contributed by atoms with van der Waals surface area (Å²) in [6, 6.07) is 5.21. The summed E-state index contributed by atoms with van der Waals surface area (Å²) in [5.41, 5.74) is 1.57. The average molecular weight is 332 g/mol. The van der Waals surface area contributed by atoms with Gasteiger partial charge in [0, 0.05) is 29.7 Å². The van der Waals surface area contributed by atoms with Crippen molar-refractivity contribution < 1.29 is 19.4 Å². The highest BCUT2D eigenvalue weighted by Gasteiger charge is 2.23. The van der Waals surface area contributed by atoms with E-state index in [0.29, 0.717) is 36.3 Å². The summed E-state index contributed by atoms with van der Waals surface area (Å²) in [6.07, 6.45) is -0.0265. The molecule has 24 heavy (non-hydrogen) atoms. The number of rotatable bonds is 7. The van der Waals surface area contributed by atoms with E-state index in [1.54, 1.807) is 30.0 Å². The van der Waals surface area contributed by atoms with E-state index in [-0.39, 0.29) is 11.5 Å². The fourth-order valence-electron chi connectivity index (χ4n) is 2.87. The van der Waals surface area contributed by atoms with E-state index in [9.17, 15) is 14.7 Å². The molecule has 1 unspecified atom stereocenters. The molecule has 6 nitrogen and oxygen atoms in total. The molecule has 1 amide bonds. The van der Waals surface area contributed by atoms with Gasteiger partial charge in [-0.1, -0.05) is 6.92 Å². The second-order valence-corrected chi connectivity index (χ2v) is 5.66. The van der Waals surface area contributed by atoms with Crippen LogP contribution in [0, 0.1) is 6.92 Å². The topological polar surface area (TPSA) is 82.6 Å². The van der Waals surface area contributed by atoms with Crippen LogP contribution >= 0.6 is 0 Å². The van der Waals surface area contributed by atoms with Crippen molar-refractivity contribution in [2.75, 3.05) is 13.1 Å². The molecule has 0 saturated heterocycles. The number of aromatic carboxylic acids is 1. The highest BCUT2D eigenvalue weighted by atomic mass is 16.5. The van der Waals surface area contributed by atoms with Crippen LogP contribution in [0.5, 0.6) is 5.75 Å². The van der Waals surface area contributed by atoms with Crippen LogP contribution in [0.15, 0.2) is 18.2 Å². The first kappa shape index (κ1) is 17.8. The summed E-state index contributed by atoms with van der Waals surface area (Å²) in [5.74, 6) is -0.537. The Labute approximate surface area is 141 Å². The number of carbonyl (C=O) groups is 2. The van der Waals surface area contributed by atoms with E-state index in [4.69, 9.17) is 4.74 Å². The van der Waals surface area contributed by atoms with E-state index in [1.165, 1.54) is 0 Å². The van der Waals surface area contributed by atoms with Gasteiger partial charge in [-0.3, -0.25) is 4.79 Å². The molecule has 0 aliphatic heterocycles. The van der Waals surface area contributed by atoms with Gasteiger partial charge >= 0.3 is 5.97 Å². The molecule has 2 rings (SSSR count). The van der Waals surface area contributed by atoms with Gasteiger partial charge in [-0.15, -0.1) is 0 Å². The lowest BCUT2D eigenvalue weighted by molar-refractivity contribution is -0.138. The van der Waals surface area contributed by atoms with Crippen LogP contribution in [0.4, 0.5) is 0 Å². The maximum absolute atomic E-state index is 12.5. The lowest BCUT2D eigenvalue weighted by Crippen LogP contribution is -2.41. The number of carboxylic acids is 1. The van der Waals surface area contributed by atoms with Gasteiger partial charge in [0.15, 0.2) is 6.10 Å². The first-order valence-corrected chi connectivity index (χ1v) is 8.23. The number of H-pyrrole nitrogens is 1. The molecule has 130 valence electrons. The van der Waals surface area contributed by atoms with E-state index in [1.807, 2.05) is 20.8 Å². The maximum atomic E-state index is 12.5. The Kier molecular flexibility index (Phi) is 5.49.